The highest BCUT2D eigenvalue weighted by atomic mass is 79.9. The first-order chi connectivity index (χ1) is 10.0. The van der Waals surface area contributed by atoms with Gasteiger partial charge in [-0.3, -0.25) is 0 Å². The Hall–Kier alpha value is -0.740. The Morgan fingerprint density at radius 2 is 1.67 bits per heavy atom. The van der Waals surface area contributed by atoms with Gasteiger partial charge in [0, 0.05) is 16.1 Å². The molecule has 0 aliphatic heterocycles. The molecule has 0 nitrogen and oxygen atoms in total. The van der Waals surface area contributed by atoms with Crippen molar-refractivity contribution in [3.63, 3.8) is 0 Å². The highest BCUT2D eigenvalue weighted by Gasteiger charge is 2.32. The van der Waals surface area contributed by atoms with Gasteiger partial charge in [-0.05, 0) is 30.5 Å². The molecule has 2 aromatic carbocycles. The molecular formula is C17H16Br2F2. The van der Waals surface area contributed by atoms with Crippen molar-refractivity contribution in [2.24, 2.45) is 0 Å². The molecule has 0 unspecified atom stereocenters. The molecule has 0 N–H and O–H groups in total. The minimum atomic E-state index is -0.796. The summed E-state index contributed by atoms with van der Waals surface area (Å²) in [5.74, 6) is -1.55. The predicted molar refractivity (Wildman–Crippen MR) is 90.5 cm³/mol. The van der Waals surface area contributed by atoms with E-state index in [4.69, 9.17) is 0 Å². The molecule has 0 radical (unpaired) electrons. The molecular weight excluding hydrogens is 402 g/mol. The van der Waals surface area contributed by atoms with E-state index in [2.05, 4.69) is 37.9 Å². The third kappa shape index (κ3) is 3.54. The summed E-state index contributed by atoms with van der Waals surface area (Å²) in [5.41, 5.74) is 2.34. The second-order valence-corrected chi connectivity index (χ2v) is 6.43. The summed E-state index contributed by atoms with van der Waals surface area (Å²) < 4.78 is 27.4. The maximum Gasteiger partial charge on any atom is 0.162 e. The number of alkyl halides is 2. The van der Waals surface area contributed by atoms with Gasteiger partial charge in [0.2, 0.25) is 0 Å². The van der Waals surface area contributed by atoms with Crippen molar-refractivity contribution in [3.05, 3.63) is 70.8 Å². The topological polar surface area (TPSA) is 0 Å². The number of aryl methyl sites for hydroxylation is 1. The zero-order chi connectivity index (χ0) is 15.5. The van der Waals surface area contributed by atoms with E-state index in [1.807, 2.05) is 25.1 Å². The van der Waals surface area contributed by atoms with Crippen LogP contribution in [-0.2, 0) is 11.8 Å². The first-order valence-corrected chi connectivity index (χ1v) is 8.89. The van der Waals surface area contributed by atoms with Crippen LogP contribution >= 0.6 is 31.9 Å². The second-order valence-electron chi connectivity index (χ2n) is 5.31. The van der Waals surface area contributed by atoms with Crippen LogP contribution in [0.25, 0.3) is 0 Å². The summed E-state index contributed by atoms with van der Waals surface area (Å²) in [4.78, 5) is 0. The van der Waals surface area contributed by atoms with Crippen LogP contribution in [0.3, 0.4) is 0 Å². The Kier molecular flexibility index (Phi) is 5.55. The van der Waals surface area contributed by atoms with Crippen molar-refractivity contribution < 1.29 is 8.78 Å². The summed E-state index contributed by atoms with van der Waals surface area (Å²) in [5, 5.41) is 1.31. The van der Waals surface area contributed by atoms with E-state index in [1.54, 1.807) is 12.1 Å². The monoisotopic (exact) mass is 416 g/mol. The van der Waals surface area contributed by atoms with Crippen LogP contribution in [0.5, 0.6) is 0 Å². The van der Waals surface area contributed by atoms with Gasteiger partial charge in [0.25, 0.3) is 0 Å². The summed E-state index contributed by atoms with van der Waals surface area (Å²) in [6.45, 7) is 2.03. The van der Waals surface area contributed by atoms with E-state index in [0.29, 0.717) is 22.6 Å². The van der Waals surface area contributed by atoms with Gasteiger partial charge in [-0.15, -0.1) is 0 Å². The highest BCUT2D eigenvalue weighted by Crippen LogP contribution is 2.34. The molecule has 0 saturated heterocycles. The molecule has 0 aliphatic carbocycles. The van der Waals surface area contributed by atoms with Crippen LogP contribution in [0.1, 0.15) is 16.7 Å². The average Bonchev–Trinajstić information content (AvgIpc) is 2.49. The lowest BCUT2D eigenvalue weighted by molar-refractivity contribution is 0.476. The Bertz CT molecular complexity index is 622. The number of halogens is 4. The lowest BCUT2D eigenvalue weighted by atomic mass is 9.78. The molecule has 2 rings (SSSR count). The summed E-state index contributed by atoms with van der Waals surface area (Å²) >= 11 is 7.10. The van der Waals surface area contributed by atoms with Crippen LogP contribution in [0.4, 0.5) is 8.78 Å². The SMILES string of the molecule is Cc1cccc(C(CBr)(CBr)Cc2cccc(F)c2F)c1. The quantitative estimate of drug-likeness (QED) is 0.560. The lowest BCUT2D eigenvalue weighted by Gasteiger charge is -2.31. The average molecular weight is 418 g/mol. The Morgan fingerprint density at radius 1 is 1.00 bits per heavy atom. The van der Waals surface area contributed by atoms with Gasteiger partial charge in [-0.2, -0.15) is 0 Å². The Labute approximate surface area is 140 Å². The van der Waals surface area contributed by atoms with Crippen molar-refractivity contribution in [1.82, 2.24) is 0 Å². The van der Waals surface area contributed by atoms with Gasteiger partial charge < -0.3 is 0 Å². The molecule has 4 heteroatoms. The number of benzene rings is 2. The maximum absolute atomic E-state index is 14.0. The van der Waals surface area contributed by atoms with Gasteiger partial charge in [0.15, 0.2) is 11.6 Å². The Morgan fingerprint density at radius 3 is 2.29 bits per heavy atom. The van der Waals surface area contributed by atoms with Gasteiger partial charge in [0.05, 0.1) is 0 Å². The highest BCUT2D eigenvalue weighted by molar-refractivity contribution is 9.09. The van der Waals surface area contributed by atoms with E-state index in [-0.39, 0.29) is 5.41 Å². The molecule has 0 atom stereocenters. The Balaban J connectivity index is 2.45. The maximum atomic E-state index is 14.0. The zero-order valence-electron chi connectivity index (χ0n) is 11.7. The van der Waals surface area contributed by atoms with Crippen LogP contribution in [-0.4, -0.2) is 10.7 Å². The third-order valence-electron chi connectivity index (χ3n) is 3.70. The molecule has 21 heavy (non-hydrogen) atoms. The molecule has 0 saturated carbocycles. The molecule has 0 amide bonds. The predicted octanol–water partition coefficient (Wildman–Crippen LogP) is 5.54. The summed E-state index contributed by atoms with van der Waals surface area (Å²) in [6.07, 6.45) is 0.427. The first kappa shape index (κ1) is 16.6. The van der Waals surface area contributed by atoms with Crippen molar-refractivity contribution in [3.8, 4) is 0 Å². The van der Waals surface area contributed by atoms with Crippen LogP contribution in [0.15, 0.2) is 42.5 Å². The fourth-order valence-corrected chi connectivity index (χ4v) is 4.38. The third-order valence-corrected chi connectivity index (χ3v) is 5.85. The van der Waals surface area contributed by atoms with E-state index in [9.17, 15) is 8.78 Å². The van der Waals surface area contributed by atoms with Crippen molar-refractivity contribution in [2.45, 2.75) is 18.8 Å². The van der Waals surface area contributed by atoms with E-state index < -0.39 is 11.6 Å². The molecule has 112 valence electrons. The van der Waals surface area contributed by atoms with E-state index in [0.717, 1.165) is 17.2 Å². The van der Waals surface area contributed by atoms with Crippen molar-refractivity contribution in [2.75, 3.05) is 10.7 Å². The smallest absolute Gasteiger partial charge is 0.162 e. The van der Waals surface area contributed by atoms with Crippen molar-refractivity contribution >= 4 is 31.9 Å². The number of hydrogen-bond acceptors (Lipinski definition) is 0. The normalized spacial score (nSPS) is 11.7. The molecule has 0 aliphatic rings. The second kappa shape index (κ2) is 7.01. The fourth-order valence-electron chi connectivity index (χ4n) is 2.41. The molecule has 0 heterocycles. The lowest BCUT2D eigenvalue weighted by Crippen LogP contribution is -2.33. The van der Waals surface area contributed by atoms with Crippen LogP contribution in [0.2, 0.25) is 0 Å². The molecule has 0 fully saturated rings. The summed E-state index contributed by atoms with van der Waals surface area (Å²) in [6, 6.07) is 12.5. The van der Waals surface area contributed by atoms with Crippen molar-refractivity contribution in [1.29, 1.82) is 0 Å². The molecule has 0 spiro atoms. The standard InChI is InChI=1S/C17H16Br2F2/c1-12-4-2-6-14(8-12)17(10-18,11-19)9-13-5-3-7-15(20)16(13)21/h2-8H,9-11H2,1H3. The number of rotatable bonds is 5. The van der Waals surface area contributed by atoms with Gasteiger partial charge in [-0.1, -0.05) is 73.8 Å². The fraction of sp³-hybridized carbons (Fsp3) is 0.294. The molecule has 0 bridgehead atoms. The minimum Gasteiger partial charge on any atom is -0.204 e. The van der Waals surface area contributed by atoms with Gasteiger partial charge >= 0.3 is 0 Å². The minimum absolute atomic E-state index is 0.319. The zero-order valence-corrected chi connectivity index (χ0v) is 14.8. The van der Waals surface area contributed by atoms with E-state index in [1.165, 1.54) is 0 Å². The molecule has 2 aromatic rings. The number of hydrogen-bond donors (Lipinski definition) is 0. The van der Waals surface area contributed by atoms with Gasteiger partial charge in [0.1, 0.15) is 0 Å². The first-order valence-electron chi connectivity index (χ1n) is 6.64. The largest absolute Gasteiger partial charge is 0.204 e. The van der Waals surface area contributed by atoms with Gasteiger partial charge in [-0.25, -0.2) is 8.78 Å². The van der Waals surface area contributed by atoms with Crippen LogP contribution in [0, 0.1) is 18.6 Å². The van der Waals surface area contributed by atoms with E-state index >= 15 is 0 Å². The van der Waals surface area contributed by atoms with Crippen LogP contribution < -0.4 is 0 Å². The summed E-state index contributed by atoms with van der Waals surface area (Å²) in [7, 11) is 0. The molecule has 0 aromatic heterocycles.